The fourth-order valence-corrected chi connectivity index (χ4v) is 4.13. The average Bonchev–Trinajstić information content (AvgIpc) is 2.76. The molecule has 1 aliphatic rings. The number of nitrogens with one attached hydrogen (secondary N) is 2. The first-order chi connectivity index (χ1) is 15.3. The minimum absolute atomic E-state index is 0.324. The van der Waals surface area contributed by atoms with E-state index >= 15 is 0 Å². The third-order valence-electron chi connectivity index (χ3n) is 5.81. The normalized spacial score (nSPS) is 12.9. The van der Waals surface area contributed by atoms with Gasteiger partial charge in [-0.1, -0.05) is 24.3 Å². The van der Waals surface area contributed by atoms with Gasteiger partial charge < -0.3 is 15.5 Å². The summed E-state index contributed by atoms with van der Waals surface area (Å²) in [5.41, 5.74) is 4.47. The first-order valence-electron chi connectivity index (χ1n) is 10.6. The molecule has 0 saturated carbocycles. The lowest BCUT2D eigenvalue weighted by molar-refractivity contribution is 0.262. The van der Waals surface area contributed by atoms with Crippen molar-refractivity contribution in [1.29, 1.82) is 0 Å². The minimum atomic E-state index is -0.353. The molecule has 2 heterocycles. The maximum absolute atomic E-state index is 12.7. The number of para-hydroxylation sites is 1. The van der Waals surface area contributed by atoms with E-state index in [4.69, 9.17) is 0 Å². The van der Waals surface area contributed by atoms with Gasteiger partial charge in [-0.25, -0.2) is 9.59 Å². The fraction of sp³-hybridized carbons (Fsp3) is 0.292. The van der Waals surface area contributed by atoms with E-state index in [1.54, 1.807) is 7.05 Å². The van der Waals surface area contributed by atoms with Crippen LogP contribution in [0.5, 0.6) is 0 Å². The smallest absolute Gasteiger partial charge is 0.330 e. The maximum Gasteiger partial charge on any atom is 0.330 e. The molecule has 2 aromatic carbocycles. The van der Waals surface area contributed by atoms with Crippen molar-refractivity contribution in [3.8, 4) is 0 Å². The lowest BCUT2D eigenvalue weighted by Gasteiger charge is -2.33. The van der Waals surface area contributed by atoms with Crippen molar-refractivity contribution < 1.29 is 4.79 Å². The van der Waals surface area contributed by atoms with Crippen molar-refractivity contribution in [2.75, 3.05) is 22.1 Å². The van der Waals surface area contributed by atoms with Crippen LogP contribution in [0.3, 0.4) is 0 Å². The molecule has 3 aromatic rings. The summed E-state index contributed by atoms with van der Waals surface area (Å²) < 4.78 is 2.59. The molecule has 1 aromatic heterocycles. The highest BCUT2D eigenvalue weighted by Crippen LogP contribution is 2.35. The predicted octanol–water partition coefficient (Wildman–Crippen LogP) is 2.99. The number of fused-ring (bicyclic) bond motifs is 1. The molecule has 0 saturated heterocycles. The van der Waals surface area contributed by atoms with E-state index in [1.807, 2.05) is 49.4 Å². The van der Waals surface area contributed by atoms with E-state index in [2.05, 4.69) is 15.5 Å². The molecule has 166 valence electrons. The van der Waals surface area contributed by atoms with Crippen LogP contribution >= 0.6 is 0 Å². The molecule has 32 heavy (non-hydrogen) atoms. The summed E-state index contributed by atoms with van der Waals surface area (Å²) in [4.78, 5) is 39.3. The van der Waals surface area contributed by atoms with Gasteiger partial charge in [0.05, 0.1) is 17.9 Å². The molecular formula is C24H27N5O3. The van der Waals surface area contributed by atoms with Gasteiger partial charge in [-0.15, -0.1) is 0 Å². The summed E-state index contributed by atoms with van der Waals surface area (Å²) >= 11 is 0. The topological polar surface area (TPSA) is 88.4 Å². The van der Waals surface area contributed by atoms with Crippen molar-refractivity contribution in [2.45, 2.75) is 26.3 Å². The van der Waals surface area contributed by atoms with Crippen LogP contribution in [0.1, 0.15) is 23.2 Å². The highest BCUT2D eigenvalue weighted by molar-refractivity contribution is 6.02. The van der Waals surface area contributed by atoms with Gasteiger partial charge >= 0.3 is 11.7 Å². The van der Waals surface area contributed by atoms with Crippen LogP contribution in [-0.4, -0.2) is 21.7 Å². The minimum Gasteiger partial charge on any atom is -0.364 e. The molecule has 2 amide bonds. The Balaban J connectivity index is 1.62. The zero-order valence-electron chi connectivity index (χ0n) is 18.5. The Bertz CT molecular complexity index is 1290. The van der Waals surface area contributed by atoms with Gasteiger partial charge in [-0.05, 0) is 49.1 Å². The Morgan fingerprint density at radius 3 is 2.56 bits per heavy atom. The summed E-state index contributed by atoms with van der Waals surface area (Å²) in [5.74, 6) is 0. The largest absolute Gasteiger partial charge is 0.364 e. The number of benzene rings is 2. The molecule has 1 aliphatic heterocycles. The van der Waals surface area contributed by atoms with E-state index < -0.39 is 0 Å². The van der Waals surface area contributed by atoms with Crippen molar-refractivity contribution in [1.82, 2.24) is 9.13 Å². The fourth-order valence-electron chi connectivity index (χ4n) is 4.13. The summed E-state index contributed by atoms with van der Waals surface area (Å²) in [6.45, 7) is 3.13. The van der Waals surface area contributed by atoms with Crippen LogP contribution in [0.2, 0.25) is 0 Å². The summed E-state index contributed by atoms with van der Waals surface area (Å²) in [5, 5.41) is 5.85. The van der Waals surface area contributed by atoms with E-state index in [1.165, 1.54) is 17.7 Å². The van der Waals surface area contributed by atoms with Crippen LogP contribution in [0.4, 0.5) is 21.9 Å². The molecular weight excluding hydrogens is 406 g/mol. The van der Waals surface area contributed by atoms with Gasteiger partial charge in [0, 0.05) is 38.1 Å². The number of hydrogen-bond donors (Lipinski definition) is 2. The molecule has 0 radical (unpaired) electrons. The zero-order chi connectivity index (χ0) is 22.8. The summed E-state index contributed by atoms with van der Waals surface area (Å²) in [7, 11) is 3.14. The van der Waals surface area contributed by atoms with Crippen molar-refractivity contribution in [3.05, 3.63) is 86.2 Å². The Labute approximate surface area is 186 Å². The maximum atomic E-state index is 12.7. The monoisotopic (exact) mass is 433 g/mol. The van der Waals surface area contributed by atoms with Crippen molar-refractivity contribution in [2.24, 2.45) is 14.1 Å². The van der Waals surface area contributed by atoms with Crippen LogP contribution in [0.25, 0.3) is 0 Å². The second-order valence-electron chi connectivity index (χ2n) is 8.16. The van der Waals surface area contributed by atoms with E-state index in [0.29, 0.717) is 17.9 Å². The van der Waals surface area contributed by atoms with Crippen LogP contribution in [0, 0.1) is 6.92 Å². The van der Waals surface area contributed by atoms with Crippen LogP contribution in [-0.2, 0) is 27.1 Å². The van der Waals surface area contributed by atoms with Crippen LogP contribution < -0.4 is 26.8 Å². The summed E-state index contributed by atoms with van der Waals surface area (Å²) in [6, 6.07) is 14.6. The van der Waals surface area contributed by atoms with E-state index in [-0.39, 0.29) is 17.3 Å². The highest BCUT2D eigenvalue weighted by Gasteiger charge is 2.22. The third-order valence-corrected chi connectivity index (χ3v) is 5.81. The van der Waals surface area contributed by atoms with Crippen molar-refractivity contribution in [3.63, 3.8) is 0 Å². The molecule has 2 N–H and O–H groups in total. The average molecular weight is 434 g/mol. The molecule has 0 spiro atoms. The van der Waals surface area contributed by atoms with E-state index in [0.717, 1.165) is 46.5 Å². The number of rotatable bonds is 4. The van der Waals surface area contributed by atoms with Crippen molar-refractivity contribution >= 4 is 23.1 Å². The number of aryl methyl sites for hydroxylation is 2. The van der Waals surface area contributed by atoms with Gasteiger partial charge in [0.1, 0.15) is 0 Å². The predicted molar refractivity (Wildman–Crippen MR) is 127 cm³/mol. The SMILES string of the molecule is Cc1cccc(NC(=O)Nc2cccc3c2N(Cc2cc(=O)n(C)c(=O)n2C)CCC3)c1. The quantitative estimate of drug-likeness (QED) is 0.662. The Morgan fingerprint density at radius 1 is 1.00 bits per heavy atom. The lowest BCUT2D eigenvalue weighted by atomic mass is 10.00. The zero-order valence-corrected chi connectivity index (χ0v) is 18.5. The Kier molecular flexibility index (Phi) is 5.85. The molecule has 4 rings (SSSR count). The first kappa shape index (κ1) is 21.4. The van der Waals surface area contributed by atoms with Gasteiger partial charge in [0.2, 0.25) is 0 Å². The number of urea groups is 1. The Morgan fingerprint density at radius 2 is 1.78 bits per heavy atom. The molecule has 8 nitrogen and oxygen atoms in total. The molecule has 8 heteroatoms. The van der Waals surface area contributed by atoms with Gasteiger partial charge in [-0.2, -0.15) is 0 Å². The summed E-state index contributed by atoms with van der Waals surface area (Å²) in [6.07, 6.45) is 1.85. The van der Waals surface area contributed by atoms with Crippen LogP contribution in [0.15, 0.2) is 58.1 Å². The highest BCUT2D eigenvalue weighted by atomic mass is 16.2. The molecule has 0 aliphatic carbocycles. The molecule has 0 unspecified atom stereocenters. The lowest BCUT2D eigenvalue weighted by Crippen LogP contribution is -2.40. The number of amides is 2. The number of hydrogen-bond acceptors (Lipinski definition) is 4. The standard InChI is InChI=1S/C24H27N5O3/c1-16-7-4-10-18(13-16)25-23(31)26-20-11-5-8-17-9-6-12-29(22(17)20)15-19-14-21(30)28(3)24(32)27(19)2/h4-5,7-8,10-11,13-14H,6,9,12,15H2,1-3H3,(H2,25,26,31). The number of nitrogens with zero attached hydrogens (tertiary/aromatic N) is 3. The number of anilines is 3. The molecule has 0 fully saturated rings. The second kappa shape index (κ2) is 8.74. The molecule has 0 atom stereocenters. The first-order valence-corrected chi connectivity index (χ1v) is 10.6. The molecule has 0 bridgehead atoms. The van der Waals surface area contributed by atoms with Gasteiger partial charge in [-0.3, -0.25) is 13.9 Å². The van der Waals surface area contributed by atoms with Gasteiger partial charge in [0.25, 0.3) is 5.56 Å². The van der Waals surface area contributed by atoms with Gasteiger partial charge in [0.15, 0.2) is 0 Å². The second-order valence-corrected chi connectivity index (χ2v) is 8.16. The number of aromatic nitrogens is 2. The number of carbonyl (C=O) groups excluding carboxylic acids is 1. The Hall–Kier alpha value is -3.81. The number of carbonyl (C=O) groups is 1. The third kappa shape index (κ3) is 4.30. The van der Waals surface area contributed by atoms with E-state index in [9.17, 15) is 14.4 Å².